The molecule has 120 valence electrons. The molecule has 1 aromatic heterocycles. The lowest BCUT2D eigenvalue weighted by Gasteiger charge is -2.55. The molecule has 4 saturated carbocycles. The molecule has 4 heteroatoms. The van der Waals surface area contributed by atoms with Gasteiger partial charge in [-0.3, -0.25) is 4.79 Å². The first-order valence-electron chi connectivity index (χ1n) is 8.87. The number of benzene rings is 1. The van der Waals surface area contributed by atoms with Crippen molar-refractivity contribution in [2.45, 2.75) is 45.4 Å². The number of H-pyrrole nitrogens is 1. The minimum Gasteiger partial charge on any atom is -0.342 e. The first kappa shape index (κ1) is 13.6. The summed E-state index contributed by atoms with van der Waals surface area (Å²) in [4.78, 5) is 20.7. The van der Waals surface area contributed by atoms with E-state index in [0.29, 0.717) is 0 Å². The maximum atomic E-state index is 13.1. The van der Waals surface area contributed by atoms with Crippen molar-refractivity contribution in [3.8, 4) is 0 Å². The van der Waals surface area contributed by atoms with Crippen molar-refractivity contribution in [1.82, 2.24) is 9.97 Å². The number of carbonyl (C=O) groups is 1. The molecular weight excluding hydrogens is 286 g/mol. The third-order valence-corrected chi connectivity index (χ3v) is 6.38. The van der Waals surface area contributed by atoms with Crippen LogP contribution >= 0.6 is 0 Å². The predicted molar refractivity (Wildman–Crippen MR) is 90.1 cm³/mol. The number of amides is 1. The number of aromatic nitrogens is 2. The fraction of sp³-hybridized carbons (Fsp3) is 0.579. The van der Waals surface area contributed by atoms with Gasteiger partial charge >= 0.3 is 0 Å². The zero-order valence-corrected chi connectivity index (χ0v) is 13.6. The number of hydrogen-bond acceptors (Lipinski definition) is 2. The Morgan fingerprint density at radius 2 is 1.83 bits per heavy atom. The van der Waals surface area contributed by atoms with E-state index in [-0.39, 0.29) is 11.3 Å². The molecular formula is C19H23N3O. The van der Waals surface area contributed by atoms with Crippen LogP contribution in [0.25, 0.3) is 11.0 Å². The Labute approximate surface area is 136 Å². The lowest BCUT2D eigenvalue weighted by molar-refractivity contribution is -0.140. The summed E-state index contributed by atoms with van der Waals surface area (Å²) in [7, 11) is 0. The summed E-state index contributed by atoms with van der Waals surface area (Å²) in [6.45, 7) is 1.95. The minimum atomic E-state index is -0.0897. The molecule has 0 saturated heterocycles. The van der Waals surface area contributed by atoms with Crippen molar-refractivity contribution in [3.05, 3.63) is 24.0 Å². The molecule has 23 heavy (non-hydrogen) atoms. The van der Waals surface area contributed by atoms with Crippen LogP contribution in [0, 0.1) is 30.1 Å². The number of anilines is 1. The topological polar surface area (TPSA) is 57.8 Å². The molecule has 4 nitrogen and oxygen atoms in total. The molecule has 4 aliphatic rings. The van der Waals surface area contributed by atoms with Gasteiger partial charge < -0.3 is 10.3 Å². The molecule has 1 aromatic carbocycles. The molecule has 0 unspecified atom stereocenters. The van der Waals surface area contributed by atoms with E-state index in [1.54, 1.807) is 0 Å². The van der Waals surface area contributed by atoms with Crippen LogP contribution in [-0.4, -0.2) is 15.9 Å². The number of hydrogen-bond donors (Lipinski definition) is 2. The van der Waals surface area contributed by atoms with Crippen molar-refractivity contribution in [2.75, 3.05) is 5.32 Å². The zero-order valence-electron chi connectivity index (χ0n) is 13.6. The van der Waals surface area contributed by atoms with E-state index in [0.717, 1.165) is 59.6 Å². The zero-order chi connectivity index (χ0) is 15.6. The Morgan fingerprint density at radius 1 is 1.17 bits per heavy atom. The van der Waals surface area contributed by atoms with Gasteiger partial charge in [-0.1, -0.05) is 0 Å². The highest BCUT2D eigenvalue weighted by Crippen LogP contribution is 2.60. The van der Waals surface area contributed by atoms with Crippen LogP contribution in [0.3, 0.4) is 0 Å². The van der Waals surface area contributed by atoms with Gasteiger partial charge in [-0.2, -0.15) is 0 Å². The largest absolute Gasteiger partial charge is 0.342 e. The Bertz CT molecular complexity index is 756. The summed E-state index contributed by atoms with van der Waals surface area (Å²) < 4.78 is 0. The Kier molecular flexibility index (Phi) is 2.71. The first-order valence-corrected chi connectivity index (χ1v) is 8.87. The van der Waals surface area contributed by atoms with E-state index >= 15 is 0 Å². The summed E-state index contributed by atoms with van der Waals surface area (Å²) in [5, 5.41) is 3.21. The smallest absolute Gasteiger partial charge is 0.230 e. The van der Waals surface area contributed by atoms with E-state index in [2.05, 4.69) is 15.3 Å². The second-order valence-electron chi connectivity index (χ2n) is 8.21. The molecule has 1 amide bonds. The molecule has 0 atom stereocenters. The summed E-state index contributed by atoms with van der Waals surface area (Å²) in [6.07, 6.45) is 7.42. The maximum absolute atomic E-state index is 13.1. The van der Waals surface area contributed by atoms with Crippen molar-refractivity contribution in [2.24, 2.45) is 23.2 Å². The number of imidazole rings is 1. The SMILES string of the molecule is Cc1nc2ccc(NC(=O)C34CC5CC(CC(C5)C3)C4)cc2[nH]1. The van der Waals surface area contributed by atoms with Gasteiger partial charge in [0, 0.05) is 5.69 Å². The molecule has 0 spiro atoms. The molecule has 0 radical (unpaired) electrons. The van der Waals surface area contributed by atoms with E-state index in [1.807, 2.05) is 25.1 Å². The van der Waals surface area contributed by atoms with Crippen LogP contribution in [-0.2, 0) is 4.79 Å². The normalized spacial score (nSPS) is 34.9. The fourth-order valence-corrected chi connectivity index (χ4v) is 5.87. The second kappa shape index (κ2) is 4.59. The van der Waals surface area contributed by atoms with Crippen LogP contribution < -0.4 is 5.32 Å². The average molecular weight is 309 g/mol. The quantitative estimate of drug-likeness (QED) is 0.880. The number of nitrogens with one attached hydrogen (secondary N) is 2. The van der Waals surface area contributed by atoms with Crippen molar-refractivity contribution < 1.29 is 4.79 Å². The Balaban J connectivity index is 1.41. The summed E-state index contributed by atoms with van der Waals surface area (Å²) >= 11 is 0. The van der Waals surface area contributed by atoms with Crippen LogP contribution in [0.5, 0.6) is 0 Å². The predicted octanol–water partition coefficient (Wildman–Crippen LogP) is 4.03. The number of fused-ring (bicyclic) bond motifs is 1. The van der Waals surface area contributed by atoms with Gasteiger partial charge in [0.25, 0.3) is 0 Å². The molecule has 2 aromatic rings. The molecule has 4 aliphatic carbocycles. The van der Waals surface area contributed by atoms with E-state index < -0.39 is 0 Å². The van der Waals surface area contributed by atoms with Gasteiger partial charge in [-0.15, -0.1) is 0 Å². The van der Waals surface area contributed by atoms with Gasteiger partial charge in [-0.05, 0) is 81.4 Å². The van der Waals surface area contributed by atoms with Crippen LogP contribution in [0.2, 0.25) is 0 Å². The van der Waals surface area contributed by atoms with E-state index in [9.17, 15) is 4.79 Å². The molecule has 4 fully saturated rings. The average Bonchev–Trinajstić information content (AvgIpc) is 2.85. The Morgan fingerprint density at radius 3 is 2.48 bits per heavy atom. The van der Waals surface area contributed by atoms with Crippen molar-refractivity contribution >= 4 is 22.6 Å². The highest BCUT2D eigenvalue weighted by Gasteiger charge is 2.54. The van der Waals surface area contributed by atoms with Gasteiger partial charge in [0.2, 0.25) is 5.91 Å². The van der Waals surface area contributed by atoms with Crippen molar-refractivity contribution in [3.63, 3.8) is 0 Å². The molecule has 1 heterocycles. The lowest BCUT2D eigenvalue weighted by atomic mass is 9.49. The van der Waals surface area contributed by atoms with Crippen LogP contribution in [0.15, 0.2) is 18.2 Å². The van der Waals surface area contributed by atoms with E-state index in [1.165, 1.54) is 19.3 Å². The third-order valence-electron chi connectivity index (χ3n) is 6.38. The highest BCUT2D eigenvalue weighted by atomic mass is 16.2. The first-order chi connectivity index (χ1) is 11.1. The minimum absolute atomic E-state index is 0.0897. The van der Waals surface area contributed by atoms with E-state index in [4.69, 9.17) is 0 Å². The number of aryl methyl sites for hydroxylation is 1. The number of aromatic amines is 1. The number of nitrogens with zero attached hydrogens (tertiary/aromatic N) is 1. The van der Waals surface area contributed by atoms with Gasteiger partial charge in [0.1, 0.15) is 5.82 Å². The van der Waals surface area contributed by atoms with Gasteiger partial charge in [0.05, 0.1) is 16.4 Å². The fourth-order valence-electron chi connectivity index (χ4n) is 5.87. The van der Waals surface area contributed by atoms with Gasteiger partial charge in [0.15, 0.2) is 0 Å². The summed E-state index contributed by atoms with van der Waals surface area (Å²) in [5.41, 5.74) is 2.75. The lowest BCUT2D eigenvalue weighted by Crippen LogP contribution is -2.51. The van der Waals surface area contributed by atoms with Gasteiger partial charge in [-0.25, -0.2) is 4.98 Å². The standard InChI is InChI=1S/C19H23N3O/c1-11-20-16-3-2-15(7-17(16)21-11)22-18(23)19-8-12-4-13(9-19)6-14(5-12)10-19/h2-3,7,12-14H,4-6,8-10H2,1H3,(H,20,21)(H,22,23). The van der Waals surface area contributed by atoms with Crippen molar-refractivity contribution in [1.29, 1.82) is 0 Å². The van der Waals surface area contributed by atoms with Crippen LogP contribution in [0.4, 0.5) is 5.69 Å². The Hall–Kier alpha value is -1.84. The molecule has 4 bridgehead atoms. The number of rotatable bonds is 2. The molecule has 2 N–H and O–H groups in total. The third kappa shape index (κ3) is 2.11. The molecule has 6 rings (SSSR count). The summed E-state index contributed by atoms with van der Waals surface area (Å²) in [5.74, 6) is 3.55. The molecule has 0 aliphatic heterocycles. The van der Waals surface area contributed by atoms with Crippen LogP contribution in [0.1, 0.15) is 44.3 Å². The highest BCUT2D eigenvalue weighted by molar-refractivity contribution is 5.97. The number of carbonyl (C=O) groups excluding carboxylic acids is 1. The monoisotopic (exact) mass is 309 g/mol. The second-order valence-corrected chi connectivity index (χ2v) is 8.21. The maximum Gasteiger partial charge on any atom is 0.230 e. The summed E-state index contributed by atoms with van der Waals surface area (Å²) in [6, 6.07) is 5.96.